The van der Waals surface area contributed by atoms with Gasteiger partial charge in [0, 0.05) is 19.5 Å². The van der Waals surface area contributed by atoms with Gasteiger partial charge in [-0.1, -0.05) is 50.2 Å². The largest absolute Gasteiger partial charge is 0.497 e. The van der Waals surface area contributed by atoms with Crippen LogP contribution >= 0.6 is 0 Å². The number of aromatic nitrogens is 2. The Morgan fingerprint density at radius 1 is 0.946 bits per heavy atom. The van der Waals surface area contributed by atoms with Gasteiger partial charge in [0.05, 0.1) is 31.2 Å². The molecule has 37 heavy (non-hydrogen) atoms. The summed E-state index contributed by atoms with van der Waals surface area (Å²) >= 11 is 0. The summed E-state index contributed by atoms with van der Waals surface area (Å²) in [7, 11) is 1.63. The Kier molecular flexibility index (Phi) is 9.19. The van der Waals surface area contributed by atoms with Gasteiger partial charge in [0.25, 0.3) is 0 Å². The fourth-order valence-electron chi connectivity index (χ4n) is 4.38. The van der Waals surface area contributed by atoms with E-state index in [1.807, 2.05) is 42.5 Å². The number of rotatable bonds is 13. The topological polar surface area (TPSA) is 65.4 Å². The average molecular weight is 500 g/mol. The van der Waals surface area contributed by atoms with Gasteiger partial charge >= 0.3 is 0 Å². The van der Waals surface area contributed by atoms with Gasteiger partial charge in [-0.25, -0.2) is 4.98 Å². The number of benzene rings is 3. The summed E-state index contributed by atoms with van der Waals surface area (Å²) in [6.07, 6.45) is 2.97. The minimum atomic E-state index is 0.00593. The van der Waals surface area contributed by atoms with Crippen LogP contribution in [0.25, 0.3) is 11.0 Å². The molecule has 1 aromatic heterocycles. The third-order valence-electron chi connectivity index (χ3n) is 6.52. The van der Waals surface area contributed by atoms with Gasteiger partial charge < -0.3 is 19.4 Å². The summed E-state index contributed by atoms with van der Waals surface area (Å²) in [5.41, 5.74) is 4.41. The van der Waals surface area contributed by atoms with Crippen LogP contribution in [0.1, 0.15) is 49.6 Å². The summed E-state index contributed by atoms with van der Waals surface area (Å²) in [5.74, 6) is 3.23. The molecule has 0 aliphatic rings. The van der Waals surface area contributed by atoms with Gasteiger partial charge in [-0.3, -0.25) is 4.79 Å². The summed E-state index contributed by atoms with van der Waals surface area (Å²) < 4.78 is 13.4. The zero-order chi connectivity index (χ0) is 26.0. The molecule has 1 heterocycles. The van der Waals surface area contributed by atoms with Crippen LogP contribution in [0.15, 0.2) is 72.8 Å². The number of ether oxygens (including phenoxy) is 2. The van der Waals surface area contributed by atoms with Gasteiger partial charge in [0.15, 0.2) is 0 Å². The van der Waals surface area contributed by atoms with Crippen molar-refractivity contribution in [3.8, 4) is 11.5 Å². The number of nitrogens with one attached hydrogen (secondary N) is 1. The van der Waals surface area contributed by atoms with E-state index in [0.29, 0.717) is 31.9 Å². The minimum absolute atomic E-state index is 0.00593. The van der Waals surface area contributed by atoms with Crippen LogP contribution in [0, 0.1) is 0 Å². The molecule has 1 amide bonds. The molecule has 3 aromatic carbocycles. The highest BCUT2D eigenvalue weighted by Gasteiger charge is 2.11. The molecule has 1 N–H and O–H groups in total. The maximum absolute atomic E-state index is 12.4. The molecule has 0 saturated heterocycles. The first-order valence-corrected chi connectivity index (χ1v) is 13.1. The monoisotopic (exact) mass is 499 g/mol. The highest BCUT2D eigenvalue weighted by molar-refractivity contribution is 5.78. The number of amides is 1. The van der Waals surface area contributed by atoms with Gasteiger partial charge in [0.1, 0.15) is 17.3 Å². The number of aryl methyl sites for hydroxylation is 1. The zero-order valence-electron chi connectivity index (χ0n) is 22.1. The number of carbonyl (C=O) groups is 1. The molecule has 0 unspecified atom stereocenters. The number of methoxy groups -OCH3 is 1. The van der Waals surface area contributed by atoms with Gasteiger partial charge in [-0.05, 0) is 66.3 Å². The van der Waals surface area contributed by atoms with Gasteiger partial charge in [-0.15, -0.1) is 0 Å². The van der Waals surface area contributed by atoms with Crippen LogP contribution in [0.2, 0.25) is 0 Å². The van der Waals surface area contributed by atoms with Crippen molar-refractivity contribution in [2.75, 3.05) is 20.3 Å². The molecule has 0 radical (unpaired) electrons. The second-order valence-electron chi connectivity index (χ2n) is 9.57. The molecule has 0 spiro atoms. The lowest BCUT2D eigenvalue weighted by Gasteiger charge is -2.11. The van der Waals surface area contributed by atoms with Gasteiger partial charge in [-0.2, -0.15) is 0 Å². The van der Waals surface area contributed by atoms with E-state index in [-0.39, 0.29) is 5.91 Å². The van der Waals surface area contributed by atoms with Crippen LogP contribution in [0.3, 0.4) is 0 Å². The first-order chi connectivity index (χ1) is 18.0. The second-order valence-corrected chi connectivity index (χ2v) is 9.57. The Labute approximate surface area is 219 Å². The van der Waals surface area contributed by atoms with Crippen molar-refractivity contribution in [1.82, 2.24) is 14.9 Å². The smallest absolute Gasteiger partial charge is 0.224 e. The predicted octanol–water partition coefficient (Wildman–Crippen LogP) is 5.93. The zero-order valence-corrected chi connectivity index (χ0v) is 22.1. The first kappa shape index (κ1) is 26.3. The number of hydrogen-bond acceptors (Lipinski definition) is 4. The molecule has 0 aliphatic heterocycles. The number of imidazole rings is 1. The predicted molar refractivity (Wildman–Crippen MR) is 148 cm³/mol. The number of hydrogen-bond donors (Lipinski definition) is 1. The molecular formula is C31H37N3O3. The third kappa shape index (κ3) is 7.35. The fraction of sp³-hybridized carbons (Fsp3) is 0.355. The number of fused-ring (bicyclic) bond motifs is 1. The molecule has 4 aromatic rings. The Balaban J connectivity index is 1.27. The average Bonchev–Trinajstić information content (AvgIpc) is 3.26. The lowest BCUT2D eigenvalue weighted by Crippen LogP contribution is -2.28. The van der Waals surface area contributed by atoms with Gasteiger partial charge in [0.2, 0.25) is 5.91 Å². The van der Waals surface area contributed by atoms with Crippen LogP contribution in [-0.2, 0) is 24.2 Å². The van der Waals surface area contributed by atoms with Crippen molar-refractivity contribution in [3.05, 3.63) is 89.7 Å². The maximum atomic E-state index is 12.4. The Bertz CT molecular complexity index is 1280. The number of carbonyl (C=O) groups excluding carboxylic acids is 1. The van der Waals surface area contributed by atoms with E-state index in [9.17, 15) is 4.79 Å². The van der Waals surface area contributed by atoms with Crippen molar-refractivity contribution >= 4 is 16.9 Å². The van der Waals surface area contributed by atoms with Crippen molar-refractivity contribution in [2.45, 2.75) is 52.0 Å². The maximum Gasteiger partial charge on any atom is 0.224 e. The first-order valence-electron chi connectivity index (χ1n) is 13.1. The normalized spacial score (nSPS) is 11.1. The standard InChI is InChI=1S/C31H37N3O3/c1-23(2)25-12-16-27(17-13-25)37-21-7-6-20-34-29-9-5-4-8-28(29)33-30(34)18-19-32-31(35)22-24-10-14-26(36-3)15-11-24/h4-5,8-17,23H,6-7,18-22H2,1-3H3,(H,32,35). The Morgan fingerprint density at radius 2 is 1.68 bits per heavy atom. The molecule has 6 heteroatoms. The lowest BCUT2D eigenvalue weighted by molar-refractivity contribution is -0.120. The van der Waals surface area contributed by atoms with E-state index >= 15 is 0 Å². The number of para-hydroxylation sites is 2. The van der Waals surface area contributed by atoms with E-state index in [4.69, 9.17) is 14.5 Å². The molecule has 4 rings (SSSR count). The quantitative estimate of drug-likeness (QED) is 0.232. The van der Waals surface area contributed by atoms with E-state index in [2.05, 4.69) is 54.1 Å². The molecule has 0 saturated carbocycles. The molecule has 0 aliphatic carbocycles. The molecule has 194 valence electrons. The highest BCUT2D eigenvalue weighted by atomic mass is 16.5. The van der Waals surface area contributed by atoms with E-state index in [0.717, 1.165) is 53.3 Å². The molecule has 0 fully saturated rings. The van der Waals surface area contributed by atoms with E-state index in [1.54, 1.807) is 7.11 Å². The third-order valence-corrected chi connectivity index (χ3v) is 6.52. The summed E-state index contributed by atoms with van der Waals surface area (Å²) in [4.78, 5) is 17.3. The summed E-state index contributed by atoms with van der Waals surface area (Å²) in [6.45, 7) is 6.49. The number of nitrogens with zero attached hydrogens (tertiary/aromatic N) is 2. The molecular weight excluding hydrogens is 462 g/mol. The SMILES string of the molecule is COc1ccc(CC(=O)NCCc2nc3ccccc3n2CCCCOc2ccc(C(C)C)cc2)cc1. The molecule has 0 bridgehead atoms. The van der Waals surface area contributed by atoms with Crippen molar-refractivity contribution in [1.29, 1.82) is 0 Å². The Hall–Kier alpha value is -3.80. The molecule has 6 nitrogen and oxygen atoms in total. The van der Waals surface area contributed by atoms with Crippen molar-refractivity contribution < 1.29 is 14.3 Å². The number of unbranched alkanes of at least 4 members (excludes halogenated alkanes) is 1. The van der Waals surface area contributed by atoms with Crippen molar-refractivity contribution in [3.63, 3.8) is 0 Å². The van der Waals surface area contributed by atoms with Crippen LogP contribution in [0.4, 0.5) is 0 Å². The minimum Gasteiger partial charge on any atom is -0.497 e. The van der Waals surface area contributed by atoms with E-state index in [1.165, 1.54) is 5.56 Å². The summed E-state index contributed by atoms with van der Waals surface area (Å²) in [6, 6.07) is 24.2. The van der Waals surface area contributed by atoms with Crippen LogP contribution in [-0.4, -0.2) is 35.7 Å². The summed E-state index contributed by atoms with van der Waals surface area (Å²) in [5, 5.41) is 3.04. The second kappa shape index (κ2) is 12.9. The van der Waals surface area contributed by atoms with Crippen molar-refractivity contribution in [2.24, 2.45) is 0 Å². The fourth-order valence-corrected chi connectivity index (χ4v) is 4.38. The lowest BCUT2D eigenvalue weighted by atomic mass is 10.0. The van der Waals surface area contributed by atoms with Crippen LogP contribution in [0.5, 0.6) is 11.5 Å². The van der Waals surface area contributed by atoms with E-state index < -0.39 is 0 Å². The Morgan fingerprint density at radius 3 is 2.41 bits per heavy atom. The van der Waals surface area contributed by atoms with Crippen LogP contribution < -0.4 is 14.8 Å². The highest BCUT2D eigenvalue weighted by Crippen LogP contribution is 2.20. The molecule has 0 atom stereocenters.